The van der Waals surface area contributed by atoms with Crippen LogP contribution in [0.5, 0.6) is 0 Å². The molecular formula is C13H16N4OS. The molecule has 1 amide bonds. The van der Waals surface area contributed by atoms with Crippen LogP contribution in [0.2, 0.25) is 0 Å². The highest BCUT2D eigenvalue weighted by Gasteiger charge is 2.07. The van der Waals surface area contributed by atoms with Gasteiger partial charge in [-0.15, -0.1) is 11.3 Å². The molecule has 0 aromatic carbocycles. The van der Waals surface area contributed by atoms with E-state index in [4.69, 9.17) is 0 Å². The van der Waals surface area contributed by atoms with E-state index in [1.807, 2.05) is 25.3 Å². The average molecular weight is 276 g/mol. The molecule has 0 saturated heterocycles. The SMILES string of the molecule is CCNc1ccc(C(=O)NCc2csc(C)n2)nc1. The second-order valence-electron chi connectivity index (χ2n) is 4.00. The van der Waals surface area contributed by atoms with Gasteiger partial charge in [0.2, 0.25) is 0 Å². The summed E-state index contributed by atoms with van der Waals surface area (Å²) in [5, 5.41) is 8.87. The molecule has 0 unspecified atom stereocenters. The van der Waals surface area contributed by atoms with Crippen LogP contribution in [-0.2, 0) is 6.54 Å². The van der Waals surface area contributed by atoms with Gasteiger partial charge >= 0.3 is 0 Å². The minimum Gasteiger partial charge on any atom is -0.384 e. The molecule has 6 heteroatoms. The third-order valence-corrected chi connectivity index (χ3v) is 3.30. The van der Waals surface area contributed by atoms with Gasteiger partial charge in [0.1, 0.15) is 5.69 Å². The van der Waals surface area contributed by atoms with Gasteiger partial charge in [0.25, 0.3) is 5.91 Å². The maximum Gasteiger partial charge on any atom is 0.270 e. The molecular weight excluding hydrogens is 260 g/mol. The van der Waals surface area contributed by atoms with Crippen molar-refractivity contribution in [3.8, 4) is 0 Å². The van der Waals surface area contributed by atoms with Crippen LogP contribution in [0.3, 0.4) is 0 Å². The Bertz CT molecular complexity index is 550. The summed E-state index contributed by atoms with van der Waals surface area (Å²) in [7, 11) is 0. The van der Waals surface area contributed by atoms with Gasteiger partial charge in [-0.1, -0.05) is 0 Å². The van der Waals surface area contributed by atoms with Crippen LogP contribution in [0.1, 0.15) is 28.1 Å². The van der Waals surface area contributed by atoms with Gasteiger partial charge < -0.3 is 10.6 Å². The van der Waals surface area contributed by atoms with E-state index in [1.54, 1.807) is 23.6 Å². The van der Waals surface area contributed by atoms with Crippen LogP contribution < -0.4 is 10.6 Å². The highest BCUT2D eigenvalue weighted by molar-refractivity contribution is 7.09. The van der Waals surface area contributed by atoms with E-state index in [-0.39, 0.29) is 5.91 Å². The number of carbonyl (C=O) groups is 1. The Kier molecular flexibility index (Phi) is 4.46. The second-order valence-corrected chi connectivity index (χ2v) is 5.07. The predicted octanol–water partition coefficient (Wildman–Crippen LogP) is 2.21. The summed E-state index contributed by atoms with van der Waals surface area (Å²) >= 11 is 1.57. The average Bonchev–Trinajstić information content (AvgIpc) is 2.83. The number of rotatable bonds is 5. The number of pyridine rings is 1. The predicted molar refractivity (Wildman–Crippen MR) is 76.4 cm³/mol. The van der Waals surface area contributed by atoms with Gasteiger partial charge in [-0.3, -0.25) is 4.79 Å². The van der Waals surface area contributed by atoms with Crippen molar-refractivity contribution in [2.75, 3.05) is 11.9 Å². The number of aryl methyl sites for hydroxylation is 1. The summed E-state index contributed by atoms with van der Waals surface area (Å²) in [5.41, 5.74) is 2.20. The molecule has 0 aliphatic heterocycles. The lowest BCUT2D eigenvalue weighted by molar-refractivity contribution is 0.0945. The molecule has 100 valence electrons. The Balaban J connectivity index is 1.92. The van der Waals surface area contributed by atoms with Crippen LogP contribution in [-0.4, -0.2) is 22.4 Å². The summed E-state index contributed by atoms with van der Waals surface area (Å²) < 4.78 is 0. The highest BCUT2D eigenvalue weighted by Crippen LogP contribution is 2.08. The van der Waals surface area contributed by atoms with Crippen molar-refractivity contribution in [2.24, 2.45) is 0 Å². The molecule has 0 saturated carbocycles. The Labute approximate surface area is 116 Å². The number of anilines is 1. The Hall–Kier alpha value is -1.95. The van der Waals surface area contributed by atoms with E-state index in [1.165, 1.54) is 0 Å². The lowest BCUT2D eigenvalue weighted by Crippen LogP contribution is -2.23. The Morgan fingerprint density at radius 1 is 1.42 bits per heavy atom. The van der Waals surface area contributed by atoms with Crippen molar-refractivity contribution in [1.82, 2.24) is 15.3 Å². The smallest absolute Gasteiger partial charge is 0.270 e. The van der Waals surface area contributed by atoms with Crippen LogP contribution in [0.4, 0.5) is 5.69 Å². The summed E-state index contributed by atoms with van der Waals surface area (Å²) in [4.78, 5) is 20.3. The lowest BCUT2D eigenvalue weighted by atomic mass is 10.3. The number of thiazole rings is 1. The summed E-state index contributed by atoms with van der Waals surface area (Å²) in [6, 6.07) is 3.55. The van der Waals surface area contributed by atoms with Crippen molar-refractivity contribution in [2.45, 2.75) is 20.4 Å². The molecule has 2 heterocycles. The van der Waals surface area contributed by atoms with Crippen molar-refractivity contribution in [3.63, 3.8) is 0 Å². The van der Waals surface area contributed by atoms with Crippen molar-refractivity contribution >= 4 is 22.9 Å². The monoisotopic (exact) mass is 276 g/mol. The molecule has 2 rings (SSSR count). The number of nitrogens with zero attached hydrogens (tertiary/aromatic N) is 2. The van der Waals surface area contributed by atoms with E-state index in [0.29, 0.717) is 12.2 Å². The third-order valence-electron chi connectivity index (χ3n) is 2.47. The maximum atomic E-state index is 11.9. The molecule has 0 bridgehead atoms. The van der Waals surface area contributed by atoms with Crippen molar-refractivity contribution in [1.29, 1.82) is 0 Å². The fourth-order valence-corrected chi connectivity index (χ4v) is 2.20. The zero-order valence-electron chi connectivity index (χ0n) is 10.9. The highest BCUT2D eigenvalue weighted by atomic mass is 32.1. The van der Waals surface area contributed by atoms with Gasteiger partial charge in [-0.25, -0.2) is 9.97 Å². The molecule has 5 nitrogen and oxygen atoms in total. The molecule has 2 aromatic heterocycles. The molecule has 0 aliphatic carbocycles. The van der Waals surface area contributed by atoms with Gasteiger partial charge in [0, 0.05) is 11.9 Å². The Morgan fingerprint density at radius 2 is 2.26 bits per heavy atom. The molecule has 0 aliphatic rings. The van der Waals surface area contributed by atoms with Gasteiger partial charge in [-0.05, 0) is 26.0 Å². The van der Waals surface area contributed by atoms with Crippen LogP contribution >= 0.6 is 11.3 Å². The van der Waals surface area contributed by atoms with E-state index in [9.17, 15) is 4.79 Å². The molecule has 2 aromatic rings. The first-order chi connectivity index (χ1) is 9.19. The fourth-order valence-electron chi connectivity index (χ4n) is 1.59. The Morgan fingerprint density at radius 3 is 2.84 bits per heavy atom. The van der Waals surface area contributed by atoms with Gasteiger partial charge in [0.05, 0.1) is 29.1 Å². The van der Waals surface area contributed by atoms with E-state index < -0.39 is 0 Å². The second kappa shape index (κ2) is 6.29. The standard InChI is InChI=1S/C13H16N4OS/c1-3-14-10-4-5-12(15-6-10)13(18)16-7-11-8-19-9(2)17-11/h4-6,8,14H,3,7H2,1-2H3,(H,16,18). The minimum absolute atomic E-state index is 0.186. The molecule has 0 spiro atoms. The first kappa shape index (κ1) is 13.5. The van der Waals surface area contributed by atoms with E-state index in [0.717, 1.165) is 22.9 Å². The molecule has 2 N–H and O–H groups in total. The first-order valence-electron chi connectivity index (χ1n) is 6.08. The number of hydrogen-bond donors (Lipinski definition) is 2. The third kappa shape index (κ3) is 3.75. The molecule has 0 radical (unpaired) electrons. The quantitative estimate of drug-likeness (QED) is 0.878. The van der Waals surface area contributed by atoms with Crippen LogP contribution in [0.25, 0.3) is 0 Å². The topological polar surface area (TPSA) is 66.9 Å². The van der Waals surface area contributed by atoms with Crippen molar-refractivity contribution < 1.29 is 4.79 Å². The number of hydrogen-bond acceptors (Lipinski definition) is 5. The van der Waals surface area contributed by atoms with Crippen molar-refractivity contribution in [3.05, 3.63) is 40.1 Å². The van der Waals surface area contributed by atoms with Gasteiger partial charge in [-0.2, -0.15) is 0 Å². The molecule has 0 atom stereocenters. The summed E-state index contributed by atoms with van der Waals surface area (Å²) in [5.74, 6) is -0.186. The molecule has 0 fully saturated rings. The number of nitrogens with one attached hydrogen (secondary N) is 2. The lowest BCUT2D eigenvalue weighted by Gasteiger charge is -2.05. The fraction of sp³-hybridized carbons (Fsp3) is 0.308. The number of aromatic nitrogens is 2. The van der Waals surface area contributed by atoms with E-state index in [2.05, 4.69) is 20.6 Å². The molecule has 19 heavy (non-hydrogen) atoms. The summed E-state index contributed by atoms with van der Waals surface area (Å²) in [6.07, 6.45) is 1.66. The van der Waals surface area contributed by atoms with Gasteiger partial charge in [0.15, 0.2) is 0 Å². The van der Waals surface area contributed by atoms with Crippen LogP contribution in [0, 0.1) is 6.92 Å². The van der Waals surface area contributed by atoms with E-state index >= 15 is 0 Å². The maximum absolute atomic E-state index is 11.9. The zero-order chi connectivity index (χ0) is 13.7. The normalized spacial score (nSPS) is 10.2. The number of amides is 1. The largest absolute Gasteiger partial charge is 0.384 e. The first-order valence-corrected chi connectivity index (χ1v) is 6.96. The summed E-state index contributed by atoms with van der Waals surface area (Å²) in [6.45, 7) is 5.21. The number of carbonyl (C=O) groups excluding carboxylic acids is 1. The minimum atomic E-state index is -0.186. The zero-order valence-corrected chi connectivity index (χ0v) is 11.8. The van der Waals surface area contributed by atoms with Crippen LogP contribution in [0.15, 0.2) is 23.7 Å².